The van der Waals surface area contributed by atoms with Gasteiger partial charge < -0.3 is 9.88 Å². The van der Waals surface area contributed by atoms with Gasteiger partial charge in [-0.05, 0) is 32.0 Å². The van der Waals surface area contributed by atoms with Crippen LogP contribution in [0.2, 0.25) is 0 Å². The number of imidazole rings is 1. The van der Waals surface area contributed by atoms with Gasteiger partial charge in [0.25, 0.3) is 0 Å². The van der Waals surface area contributed by atoms with E-state index in [0.717, 1.165) is 37.0 Å². The number of nitrogens with zero attached hydrogens (tertiary/aromatic N) is 3. The Balaban J connectivity index is 2.10. The van der Waals surface area contributed by atoms with E-state index in [-0.39, 0.29) is 0 Å². The zero-order chi connectivity index (χ0) is 12.4. The van der Waals surface area contributed by atoms with E-state index in [1.54, 1.807) is 12.4 Å². The Hall–Kier alpha value is -1.95. The highest BCUT2D eigenvalue weighted by Crippen LogP contribution is 2.28. The molecule has 1 fully saturated rings. The molecule has 2 aromatic heterocycles. The molecular formula is C12H15N5O. The molecule has 0 bridgehead atoms. The Morgan fingerprint density at radius 2 is 2.28 bits per heavy atom. The maximum Gasteiger partial charge on any atom is 0.213 e. The Kier molecular flexibility index (Phi) is 2.93. The molecule has 0 aromatic carbocycles. The zero-order valence-corrected chi connectivity index (χ0v) is 9.97. The zero-order valence-electron chi connectivity index (χ0n) is 9.97. The number of anilines is 1. The quantitative estimate of drug-likeness (QED) is 0.789. The number of nitrogens with one attached hydrogen (secondary N) is 2. The maximum atomic E-state index is 10.7. The lowest BCUT2D eigenvalue weighted by molar-refractivity contribution is -0.105. The number of carbonyl (C=O) groups excluding carboxylic acids is 1. The van der Waals surface area contributed by atoms with Crippen molar-refractivity contribution in [2.45, 2.75) is 18.9 Å². The predicted octanol–water partition coefficient (Wildman–Crippen LogP) is 0.924. The van der Waals surface area contributed by atoms with Gasteiger partial charge in [0.1, 0.15) is 5.52 Å². The summed E-state index contributed by atoms with van der Waals surface area (Å²) in [6.07, 6.45) is 6.24. The summed E-state index contributed by atoms with van der Waals surface area (Å²) < 4.78 is 2.12. The first-order valence-electron chi connectivity index (χ1n) is 6.13. The van der Waals surface area contributed by atoms with Crippen molar-refractivity contribution >= 4 is 23.4 Å². The lowest BCUT2D eigenvalue weighted by atomic mass is 10.1. The molecule has 2 N–H and O–H groups in total. The van der Waals surface area contributed by atoms with Crippen LogP contribution < -0.4 is 10.6 Å². The minimum atomic E-state index is 0.376. The van der Waals surface area contributed by atoms with Crippen LogP contribution in [0.4, 0.5) is 5.95 Å². The number of pyridine rings is 1. The number of rotatable bonds is 3. The van der Waals surface area contributed by atoms with Gasteiger partial charge in [0, 0.05) is 12.2 Å². The number of carbonyl (C=O) groups is 1. The standard InChI is InChI=1S/C12H15N5O/c18-8-15-12-16-10-7-14-6-3-11(10)17(12)9-1-4-13-5-2-9/h3,6-9,13H,1-2,4-5H2,(H,15,16,18). The Labute approximate surface area is 104 Å². The third-order valence-electron chi connectivity index (χ3n) is 3.35. The summed E-state index contributed by atoms with van der Waals surface area (Å²) in [5.41, 5.74) is 1.85. The minimum absolute atomic E-state index is 0.376. The molecule has 1 saturated heterocycles. The van der Waals surface area contributed by atoms with Crippen LogP contribution in [0, 0.1) is 0 Å². The van der Waals surface area contributed by atoms with E-state index in [2.05, 4.69) is 25.2 Å². The average Bonchev–Trinajstić information content (AvgIpc) is 2.78. The smallest absolute Gasteiger partial charge is 0.213 e. The van der Waals surface area contributed by atoms with Gasteiger partial charge in [-0.15, -0.1) is 0 Å². The highest BCUT2D eigenvalue weighted by Gasteiger charge is 2.20. The first-order chi connectivity index (χ1) is 8.90. The summed E-state index contributed by atoms with van der Waals surface area (Å²) in [4.78, 5) is 19.2. The molecule has 94 valence electrons. The molecule has 0 saturated carbocycles. The summed E-state index contributed by atoms with van der Waals surface area (Å²) in [5, 5.41) is 6.03. The molecule has 3 rings (SSSR count). The van der Waals surface area contributed by atoms with Crippen molar-refractivity contribution in [2.24, 2.45) is 0 Å². The molecule has 0 unspecified atom stereocenters. The Morgan fingerprint density at radius 1 is 1.44 bits per heavy atom. The predicted molar refractivity (Wildman–Crippen MR) is 68.4 cm³/mol. The minimum Gasteiger partial charge on any atom is -0.317 e. The van der Waals surface area contributed by atoms with Crippen LogP contribution >= 0.6 is 0 Å². The summed E-state index contributed by atoms with van der Waals surface area (Å²) in [5.74, 6) is 0.611. The molecule has 3 heterocycles. The number of fused-ring (bicyclic) bond motifs is 1. The van der Waals surface area contributed by atoms with Crippen molar-refractivity contribution in [3.63, 3.8) is 0 Å². The third-order valence-corrected chi connectivity index (χ3v) is 3.35. The van der Waals surface area contributed by atoms with Crippen molar-refractivity contribution in [3.05, 3.63) is 18.5 Å². The summed E-state index contributed by atoms with van der Waals surface area (Å²) in [7, 11) is 0. The largest absolute Gasteiger partial charge is 0.317 e. The number of aromatic nitrogens is 3. The van der Waals surface area contributed by atoms with E-state index in [4.69, 9.17) is 0 Å². The molecule has 6 heteroatoms. The fourth-order valence-electron chi connectivity index (χ4n) is 2.54. The van der Waals surface area contributed by atoms with E-state index in [0.29, 0.717) is 18.4 Å². The van der Waals surface area contributed by atoms with Gasteiger partial charge in [0.15, 0.2) is 0 Å². The number of hydrogen-bond donors (Lipinski definition) is 2. The van der Waals surface area contributed by atoms with E-state index in [1.165, 1.54) is 0 Å². The first-order valence-corrected chi connectivity index (χ1v) is 6.13. The molecule has 2 aromatic rings. The summed E-state index contributed by atoms with van der Waals surface area (Å²) in [6.45, 7) is 1.99. The molecule has 0 radical (unpaired) electrons. The van der Waals surface area contributed by atoms with Crippen molar-refractivity contribution in [1.82, 2.24) is 19.9 Å². The Morgan fingerprint density at radius 3 is 3.06 bits per heavy atom. The van der Waals surface area contributed by atoms with Gasteiger partial charge >= 0.3 is 0 Å². The van der Waals surface area contributed by atoms with Crippen molar-refractivity contribution in [1.29, 1.82) is 0 Å². The van der Waals surface area contributed by atoms with Gasteiger partial charge in [-0.2, -0.15) is 0 Å². The van der Waals surface area contributed by atoms with Gasteiger partial charge in [0.05, 0.1) is 11.7 Å². The van der Waals surface area contributed by atoms with Gasteiger partial charge in [-0.3, -0.25) is 15.1 Å². The van der Waals surface area contributed by atoms with E-state index >= 15 is 0 Å². The first kappa shape index (κ1) is 11.2. The molecule has 0 spiro atoms. The lowest BCUT2D eigenvalue weighted by Gasteiger charge is -2.25. The maximum absolute atomic E-state index is 10.7. The number of amides is 1. The second kappa shape index (κ2) is 4.73. The second-order valence-corrected chi connectivity index (χ2v) is 4.41. The molecule has 1 aliphatic heterocycles. The van der Waals surface area contributed by atoms with Crippen molar-refractivity contribution in [3.8, 4) is 0 Å². The van der Waals surface area contributed by atoms with Gasteiger partial charge in [-0.25, -0.2) is 4.98 Å². The molecule has 1 aliphatic rings. The molecular weight excluding hydrogens is 230 g/mol. The van der Waals surface area contributed by atoms with Crippen LogP contribution in [0.1, 0.15) is 18.9 Å². The van der Waals surface area contributed by atoms with Crippen LogP contribution in [-0.4, -0.2) is 34.0 Å². The monoisotopic (exact) mass is 245 g/mol. The molecule has 6 nitrogen and oxygen atoms in total. The Bertz CT molecular complexity index is 559. The highest BCUT2D eigenvalue weighted by atomic mass is 16.1. The van der Waals surface area contributed by atoms with E-state index in [9.17, 15) is 4.79 Å². The topological polar surface area (TPSA) is 71.8 Å². The van der Waals surface area contributed by atoms with Gasteiger partial charge in [-0.1, -0.05) is 0 Å². The van der Waals surface area contributed by atoms with Crippen LogP contribution in [0.15, 0.2) is 18.5 Å². The van der Waals surface area contributed by atoms with Crippen LogP contribution in [0.5, 0.6) is 0 Å². The van der Waals surface area contributed by atoms with Crippen LogP contribution in [-0.2, 0) is 4.79 Å². The normalized spacial score (nSPS) is 16.9. The van der Waals surface area contributed by atoms with E-state index in [1.807, 2.05) is 6.07 Å². The van der Waals surface area contributed by atoms with Crippen LogP contribution in [0.25, 0.3) is 11.0 Å². The summed E-state index contributed by atoms with van der Waals surface area (Å²) >= 11 is 0. The van der Waals surface area contributed by atoms with Crippen molar-refractivity contribution in [2.75, 3.05) is 18.4 Å². The lowest BCUT2D eigenvalue weighted by Crippen LogP contribution is -2.29. The van der Waals surface area contributed by atoms with Crippen LogP contribution in [0.3, 0.4) is 0 Å². The highest BCUT2D eigenvalue weighted by molar-refractivity contribution is 5.81. The summed E-state index contributed by atoms with van der Waals surface area (Å²) in [6, 6.07) is 2.32. The van der Waals surface area contributed by atoms with Crippen molar-refractivity contribution < 1.29 is 4.79 Å². The van der Waals surface area contributed by atoms with E-state index < -0.39 is 0 Å². The fraction of sp³-hybridized carbons (Fsp3) is 0.417. The number of piperidine rings is 1. The third kappa shape index (κ3) is 1.84. The fourth-order valence-corrected chi connectivity index (χ4v) is 2.54. The SMILES string of the molecule is O=CNc1nc2cnccc2n1C1CCNCC1. The molecule has 1 amide bonds. The second-order valence-electron chi connectivity index (χ2n) is 4.41. The average molecular weight is 245 g/mol. The molecule has 18 heavy (non-hydrogen) atoms. The molecule has 0 aliphatic carbocycles. The number of hydrogen-bond acceptors (Lipinski definition) is 4. The molecule has 0 atom stereocenters. The van der Waals surface area contributed by atoms with Gasteiger partial charge in [0.2, 0.25) is 12.4 Å².